The summed E-state index contributed by atoms with van der Waals surface area (Å²) in [4.78, 5) is 21.4. The van der Waals surface area contributed by atoms with E-state index < -0.39 is 0 Å². The van der Waals surface area contributed by atoms with Crippen LogP contribution in [0.25, 0.3) is 10.9 Å². The van der Waals surface area contributed by atoms with Crippen LogP contribution in [-0.4, -0.2) is 48.5 Å². The molecule has 0 fully saturated rings. The van der Waals surface area contributed by atoms with Gasteiger partial charge in [-0.05, 0) is 50.3 Å². The lowest BCUT2D eigenvalue weighted by molar-refractivity contribution is -0.118. The number of amides is 1. The molecule has 0 saturated carbocycles. The fraction of sp³-hybridized carbons (Fsp3) is 0.474. The molecule has 25 heavy (non-hydrogen) atoms. The maximum atomic E-state index is 12.9. The van der Waals surface area contributed by atoms with E-state index >= 15 is 0 Å². The molecule has 0 radical (unpaired) electrons. The standard InChI is InChI=1S/C19H27ClN4O/c1-3-23(4-2)13-9-19(25)24(12-5-10-21)18-8-11-22-17-14-15(20)6-7-16(17)18/h6-8,11,14H,3-5,9-10,12-13,21H2,1-2H3. The summed E-state index contributed by atoms with van der Waals surface area (Å²) < 4.78 is 0. The predicted octanol–water partition coefficient (Wildman–Crippen LogP) is 3.30. The van der Waals surface area contributed by atoms with Gasteiger partial charge in [-0.3, -0.25) is 9.78 Å². The molecular weight excluding hydrogens is 336 g/mol. The highest BCUT2D eigenvalue weighted by molar-refractivity contribution is 6.31. The summed E-state index contributed by atoms with van der Waals surface area (Å²) >= 11 is 6.07. The smallest absolute Gasteiger partial charge is 0.228 e. The number of hydrogen-bond acceptors (Lipinski definition) is 4. The number of pyridine rings is 1. The van der Waals surface area contributed by atoms with Gasteiger partial charge in [-0.15, -0.1) is 0 Å². The molecule has 0 aliphatic heterocycles. The van der Waals surface area contributed by atoms with Gasteiger partial charge in [0.1, 0.15) is 0 Å². The first-order valence-corrected chi connectivity index (χ1v) is 9.25. The van der Waals surface area contributed by atoms with Crippen molar-refractivity contribution in [2.45, 2.75) is 26.7 Å². The molecule has 6 heteroatoms. The molecular formula is C19H27ClN4O. The Morgan fingerprint density at radius 2 is 1.96 bits per heavy atom. The van der Waals surface area contributed by atoms with Crippen molar-refractivity contribution in [1.29, 1.82) is 0 Å². The molecule has 0 aliphatic carbocycles. The molecule has 2 rings (SSSR count). The fourth-order valence-electron chi connectivity index (χ4n) is 2.90. The van der Waals surface area contributed by atoms with E-state index in [0.29, 0.717) is 24.5 Å². The van der Waals surface area contributed by atoms with E-state index in [1.54, 1.807) is 6.20 Å². The van der Waals surface area contributed by atoms with E-state index in [1.165, 1.54) is 0 Å². The lowest BCUT2D eigenvalue weighted by atomic mass is 10.1. The van der Waals surface area contributed by atoms with Crippen LogP contribution in [0.3, 0.4) is 0 Å². The highest BCUT2D eigenvalue weighted by Gasteiger charge is 2.18. The zero-order valence-corrected chi connectivity index (χ0v) is 15.8. The zero-order chi connectivity index (χ0) is 18.2. The van der Waals surface area contributed by atoms with Crippen LogP contribution >= 0.6 is 11.6 Å². The van der Waals surface area contributed by atoms with Crippen LogP contribution in [-0.2, 0) is 4.79 Å². The lowest BCUT2D eigenvalue weighted by Gasteiger charge is -2.26. The van der Waals surface area contributed by atoms with E-state index in [9.17, 15) is 4.79 Å². The van der Waals surface area contributed by atoms with E-state index in [0.717, 1.165) is 42.6 Å². The van der Waals surface area contributed by atoms with E-state index in [4.69, 9.17) is 17.3 Å². The highest BCUT2D eigenvalue weighted by atomic mass is 35.5. The summed E-state index contributed by atoms with van der Waals surface area (Å²) in [5.74, 6) is 0.114. The molecule has 2 aromatic rings. The van der Waals surface area contributed by atoms with Gasteiger partial charge < -0.3 is 15.5 Å². The fourth-order valence-corrected chi connectivity index (χ4v) is 3.07. The Balaban J connectivity index is 2.29. The van der Waals surface area contributed by atoms with Gasteiger partial charge in [-0.25, -0.2) is 0 Å². The van der Waals surface area contributed by atoms with Crippen LogP contribution in [0.2, 0.25) is 5.02 Å². The number of halogens is 1. The number of aromatic nitrogens is 1. The summed E-state index contributed by atoms with van der Waals surface area (Å²) in [6.07, 6.45) is 2.97. The second-order valence-corrected chi connectivity index (χ2v) is 6.39. The van der Waals surface area contributed by atoms with Crippen molar-refractivity contribution in [1.82, 2.24) is 9.88 Å². The second kappa shape index (κ2) is 9.70. The average Bonchev–Trinajstić information content (AvgIpc) is 2.62. The molecule has 2 N–H and O–H groups in total. The summed E-state index contributed by atoms with van der Waals surface area (Å²) in [5.41, 5.74) is 7.34. The summed E-state index contributed by atoms with van der Waals surface area (Å²) in [5, 5.41) is 1.57. The van der Waals surface area contributed by atoms with Crippen LogP contribution in [0, 0.1) is 0 Å². The third-order valence-corrected chi connectivity index (χ3v) is 4.63. The van der Waals surface area contributed by atoms with E-state index in [-0.39, 0.29) is 5.91 Å². The van der Waals surface area contributed by atoms with Crippen molar-refractivity contribution in [3.63, 3.8) is 0 Å². The normalized spacial score (nSPS) is 11.2. The van der Waals surface area contributed by atoms with Crippen molar-refractivity contribution in [3.05, 3.63) is 35.5 Å². The minimum absolute atomic E-state index is 0.114. The molecule has 0 saturated heterocycles. The van der Waals surface area contributed by atoms with Crippen LogP contribution in [0.1, 0.15) is 26.7 Å². The first-order valence-electron chi connectivity index (χ1n) is 8.87. The van der Waals surface area contributed by atoms with Gasteiger partial charge in [0, 0.05) is 36.1 Å². The lowest BCUT2D eigenvalue weighted by Crippen LogP contribution is -2.36. The Morgan fingerprint density at radius 3 is 2.64 bits per heavy atom. The topological polar surface area (TPSA) is 62.5 Å². The quantitative estimate of drug-likeness (QED) is 0.743. The van der Waals surface area contributed by atoms with Gasteiger partial charge in [0.15, 0.2) is 0 Å². The number of rotatable bonds is 9. The first-order chi connectivity index (χ1) is 12.1. The number of carbonyl (C=O) groups is 1. The summed E-state index contributed by atoms with van der Waals surface area (Å²) in [7, 11) is 0. The minimum atomic E-state index is 0.114. The molecule has 0 spiro atoms. The molecule has 1 amide bonds. The molecule has 0 atom stereocenters. The second-order valence-electron chi connectivity index (χ2n) is 5.96. The van der Waals surface area contributed by atoms with Crippen molar-refractivity contribution in [3.8, 4) is 0 Å². The zero-order valence-electron chi connectivity index (χ0n) is 15.0. The molecule has 1 aromatic carbocycles. The number of nitrogens with zero attached hydrogens (tertiary/aromatic N) is 3. The molecule has 0 bridgehead atoms. The van der Waals surface area contributed by atoms with Gasteiger partial charge in [-0.2, -0.15) is 0 Å². The molecule has 1 aromatic heterocycles. The molecule has 0 aliphatic rings. The Morgan fingerprint density at radius 1 is 1.20 bits per heavy atom. The van der Waals surface area contributed by atoms with Crippen LogP contribution < -0.4 is 10.6 Å². The van der Waals surface area contributed by atoms with Crippen LogP contribution in [0.15, 0.2) is 30.5 Å². The SMILES string of the molecule is CCN(CC)CCC(=O)N(CCCN)c1ccnc2cc(Cl)ccc12. The van der Waals surface area contributed by atoms with Gasteiger partial charge in [0.25, 0.3) is 0 Å². The maximum absolute atomic E-state index is 12.9. The monoisotopic (exact) mass is 362 g/mol. The highest BCUT2D eigenvalue weighted by Crippen LogP contribution is 2.28. The van der Waals surface area contributed by atoms with Crippen LogP contribution in [0.5, 0.6) is 0 Å². The van der Waals surface area contributed by atoms with Crippen molar-refractivity contribution < 1.29 is 4.79 Å². The summed E-state index contributed by atoms with van der Waals surface area (Å²) in [6, 6.07) is 7.47. The first kappa shape index (κ1) is 19.6. The largest absolute Gasteiger partial charge is 0.330 e. The molecule has 5 nitrogen and oxygen atoms in total. The predicted molar refractivity (Wildman–Crippen MR) is 105 cm³/mol. The minimum Gasteiger partial charge on any atom is -0.330 e. The number of fused-ring (bicyclic) bond motifs is 1. The summed E-state index contributed by atoms with van der Waals surface area (Å²) in [6.45, 7) is 8.04. The Hall–Kier alpha value is -1.69. The third-order valence-electron chi connectivity index (χ3n) is 4.40. The number of nitrogens with two attached hydrogens (primary N) is 1. The Bertz CT molecular complexity index is 703. The average molecular weight is 363 g/mol. The number of anilines is 1. The Kier molecular flexibility index (Phi) is 7.62. The maximum Gasteiger partial charge on any atom is 0.228 e. The molecule has 1 heterocycles. The van der Waals surface area contributed by atoms with E-state index in [2.05, 4.69) is 23.7 Å². The third kappa shape index (κ3) is 5.14. The van der Waals surface area contributed by atoms with Crippen molar-refractivity contribution >= 4 is 34.1 Å². The van der Waals surface area contributed by atoms with Gasteiger partial charge >= 0.3 is 0 Å². The van der Waals surface area contributed by atoms with Crippen molar-refractivity contribution in [2.75, 3.05) is 37.6 Å². The van der Waals surface area contributed by atoms with Gasteiger partial charge in [0.2, 0.25) is 5.91 Å². The van der Waals surface area contributed by atoms with E-state index in [1.807, 2.05) is 29.2 Å². The molecule has 136 valence electrons. The Labute approximate surface area is 154 Å². The van der Waals surface area contributed by atoms with Crippen molar-refractivity contribution in [2.24, 2.45) is 5.73 Å². The number of benzene rings is 1. The molecule has 0 unspecified atom stereocenters. The number of carbonyl (C=O) groups excluding carboxylic acids is 1. The van der Waals surface area contributed by atoms with Gasteiger partial charge in [-0.1, -0.05) is 25.4 Å². The number of hydrogen-bond donors (Lipinski definition) is 1. The van der Waals surface area contributed by atoms with Gasteiger partial charge in [0.05, 0.1) is 11.2 Å². The van der Waals surface area contributed by atoms with Crippen LogP contribution in [0.4, 0.5) is 5.69 Å².